The Labute approximate surface area is 126 Å². The van der Waals surface area contributed by atoms with Crippen LogP contribution in [0.15, 0.2) is 0 Å². The van der Waals surface area contributed by atoms with Crippen molar-refractivity contribution in [1.29, 1.82) is 0 Å². The molecule has 0 aromatic rings. The molecule has 1 saturated heterocycles. The van der Waals surface area contributed by atoms with Crippen molar-refractivity contribution in [2.75, 3.05) is 0 Å². The molecule has 0 spiro atoms. The zero-order valence-corrected chi connectivity index (χ0v) is 20.6. The summed E-state index contributed by atoms with van der Waals surface area (Å²) in [7, 11) is 8.40. The van der Waals surface area contributed by atoms with Gasteiger partial charge in [0.25, 0.3) is 0 Å². The summed E-state index contributed by atoms with van der Waals surface area (Å²) in [4.78, 5) is 21.6. The van der Waals surface area contributed by atoms with E-state index >= 15 is 0 Å². The van der Waals surface area contributed by atoms with E-state index in [9.17, 15) is 9.59 Å². The molecule has 2 N–H and O–H groups in total. The van der Waals surface area contributed by atoms with E-state index in [1.165, 1.54) is 0 Å². The van der Waals surface area contributed by atoms with E-state index < -0.39 is 40.4 Å². The minimum absolute atomic E-state index is 0.0699. The number of amides is 2. The molecule has 17 heavy (non-hydrogen) atoms. The molecule has 0 aromatic heterocycles. The summed E-state index contributed by atoms with van der Waals surface area (Å²) in [5, 5.41) is 7.08. The predicted molar refractivity (Wildman–Crippen MR) is 47.7 cm³/mol. The van der Waals surface area contributed by atoms with Gasteiger partial charge in [-0.3, -0.25) is 0 Å². The van der Waals surface area contributed by atoms with Gasteiger partial charge in [-0.2, -0.15) is 0 Å². The summed E-state index contributed by atoms with van der Waals surface area (Å²) >= 11 is -3.35. The molecule has 0 radical (unpaired) electrons. The van der Waals surface area contributed by atoms with Crippen LogP contribution in [-0.2, 0) is 75.4 Å². The maximum atomic E-state index is 10.9. The van der Waals surface area contributed by atoms with Gasteiger partial charge < -0.3 is 0 Å². The molecule has 0 unspecified atom stereocenters. The first-order chi connectivity index (χ1) is 7.63. The van der Waals surface area contributed by atoms with Crippen LogP contribution in [0, 0.1) is 0 Å². The Morgan fingerprint density at radius 3 is 2.35 bits per heavy atom. The van der Waals surface area contributed by atoms with Gasteiger partial charge >= 0.3 is 130 Å². The van der Waals surface area contributed by atoms with Crippen LogP contribution < -0.4 is 7.60 Å². The van der Waals surface area contributed by atoms with Gasteiger partial charge in [-0.05, 0) is 0 Å². The molecule has 0 aliphatic carbocycles. The van der Waals surface area contributed by atoms with Crippen molar-refractivity contribution in [3.63, 3.8) is 0 Å². The molecule has 4 nitrogen and oxygen atoms in total. The van der Waals surface area contributed by atoms with Crippen LogP contribution in [0.4, 0.5) is 0 Å². The third-order valence-electron chi connectivity index (χ3n) is 2.52. The van der Waals surface area contributed by atoms with Crippen molar-refractivity contribution in [3.8, 4) is 0 Å². The third-order valence-corrected chi connectivity index (χ3v) is 239. The minimum atomic E-state index is -3.62. The molecule has 12 heteroatoms. The molecule has 2 amide bonds. The van der Waals surface area contributed by atoms with Crippen LogP contribution in [0.3, 0.4) is 0 Å². The number of rotatable bonds is 4. The molecule has 1 rings (SSSR count). The zero-order chi connectivity index (χ0) is 13.3. The van der Waals surface area contributed by atoms with Crippen LogP contribution in [-0.4, -0.2) is 12.8 Å². The summed E-state index contributed by atoms with van der Waals surface area (Å²) < 4.78 is 6.09. The fourth-order valence-corrected chi connectivity index (χ4v) is 534. The average Bonchev–Trinajstić information content (AvgIpc) is 2.12. The number of halogens is 2. The van der Waals surface area contributed by atoms with Crippen molar-refractivity contribution in [3.05, 3.63) is 0 Å². The Hall–Kier alpha value is 3.81. The first kappa shape index (κ1) is 18.9. The van der Waals surface area contributed by atoms with E-state index in [4.69, 9.17) is 18.6 Å². The van der Waals surface area contributed by atoms with E-state index in [1.54, 1.807) is 0 Å². The molecule has 1 aliphatic heterocycles. The molecule has 0 saturated carbocycles. The summed E-state index contributed by atoms with van der Waals surface area (Å²) in [6.45, 7) is 0. The monoisotopic (exact) mass is 491 g/mol. The van der Waals surface area contributed by atoms with Crippen molar-refractivity contribution in [2.24, 2.45) is 0 Å². The summed E-state index contributed by atoms with van der Waals surface area (Å²) in [6, 6.07) is 0. The Kier molecular flexibility index (Phi) is 7.68. The molecule has 0 bridgehead atoms. The Morgan fingerprint density at radius 2 is 1.88 bits per heavy atom. The molecule has 1 aliphatic rings. The van der Waals surface area contributed by atoms with Crippen LogP contribution in [0.2, 0.25) is 15.7 Å². The topological polar surface area (TPSA) is 58.2 Å². The Bertz CT molecular complexity index is 342. The Morgan fingerprint density at radius 1 is 1.29 bits per heavy atom. The average molecular weight is 491 g/mol. The molecule has 1 fully saturated rings. The first-order valence-electron chi connectivity index (χ1n) is 4.93. The van der Waals surface area contributed by atoms with Gasteiger partial charge in [0.2, 0.25) is 0 Å². The van der Waals surface area contributed by atoms with Crippen molar-refractivity contribution in [1.82, 2.24) is 7.60 Å². The molecular weight excluding hydrogens is 478 g/mol. The fraction of sp³-hybridized carbons (Fsp3) is 0.600. The van der Waals surface area contributed by atoms with E-state index in [2.05, 4.69) is 23.3 Å². The quantitative estimate of drug-likeness (QED) is 0.463. The number of hydrogen-bond acceptors (Lipinski definition) is 2. The zero-order valence-electron chi connectivity index (χ0n) is 9.73. The molecule has 0 aromatic carbocycles. The summed E-state index contributed by atoms with van der Waals surface area (Å²) in [5.41, 5.74) is 0. The van der Waals surface area contributed by atoms with Crippen LogP contribution in [0.5, 0.6) is 0 Å². The fourth-order valence-electron chi connectivity index (χ4n) is 1.75. The standard InChI is InChI=1S/2CH3NO.3CH3.2ClH.6Ti/c2*2-1-3;;;;;;;;;;;/h2*1H,(H2,2,3);3*1H3;2*1H;;;;;;/q;;;;;;;;;;;+1;+3/p-4. The van der Waals surface area contributed by atoms with Crippen LogP contribution in [0.1, 0.15) is 0 Å². The van der Waals surface area contributed by atoms with Crippen molar-refractivity contribution >= 4 is 31.4 Å². The molecule has 1 heterocycles. The van der Waals surface area contributed by atoms with Gasteiger partial charge in [0, 0.05) is 0 Å². The number of hydrogen-bond donors (Lipinski definition) is 2. The molecule has 93 valence electrons. The second-order valence-corrected chi connectivity index (χ2v) is 114. The normalized spacial score (nSPS) is 26.5. The van der Waals surface area contributed by atoms with E-state index in [0.717, 1.165) is 12.8 Å². The summed E-state index contributed by atoms with van der Waals surface area (Å²) in [6.07, 6.45) is 1.60. The van der Waals surface area contributed by atoms with E-state index in [1.807, 2.05) is 0 Å². The van der Waals surface area contributed by atoms with E-state index in [0.29, 0.717) is 0 Å². The second kappa shape index (κ2) is 6.92. The van der Waals surface area contributed by atoms with Gasteiger partial charge in [0.05, 0.1) is 0 Å². The van der Waals surface area contributed by atoms with Gasteiger partial charge in [-0.1, -0.05) is 0 Å². The number of carbonyl (C=O) groups is 2. The van der Waals surface area contributed by atoms with Gasteiger partial charge in [0.15, 0.2) is 0 Å². The van der Waals surface area contributed by atoms with Crippen LogP contribution >= 0.6 is 18.6 Å². The SMILES string of the molecule is [CH3][Ti]1[Ti]([NH]C=O)[Ti][Ti]([CH3])([CH3])[Ti][Ti]1([Cl])([Cl])[NH]C=O. The van der Waals surface area contributed by atoms with E-state index in [-0.39, 0.29) is 25.5 Å². The summed E-state index contributed by atoms with van der Waals surface area (Å²) in [5.74, 6) is 0. The Balaban J connectivity index is 3.11. The molecule has 0 atom stereocenters. The maximum absolute atomic E-state index is 10.9. The number of carbonyl (C=O) groups excluding carboxylic acids is 2. The van der Waals surface area contributed by atoms with Gasteiger partial charge in [0.1, 0.15) is 0 Å². The van der Waals surface area contributed by atoms with Crippen molar-refractivity contribution in [2.45, 2.75) is 15.7 Å². The van der Waals surface area contributed by atoms with Gasteiger partial charge in [-0.25, -0.2) is 0 Å². The first-order valence-corrected chi connectivity index (χ1v) is 39.5. The van der Waals surface area contributed by atoms with Gasteiger partial charge in [-0.15, -0.1) is 0 Å². The molecular formula is C5H13Cl2N2O2Ti6. The second-order valence-electron chi connectivity index (χ2n) is 4.41. The predicted octanol–water partition coefficient (Wildman–Crippen LogP) is 1.51. The number of nitrogens with one attached hydrogen (secondary N) is 2. The van der Waals surface area contributed by atoms with Crippen molar-refractivity contribution < 1.29 is 75.4 Å². The van der Waals surface area contributed by atoms with Crippen LogP contribution in [0.25, 0.3) is 0 Å². The third kappa shape index (κ3) is 4.90.